The molecule has 0 aromatic heterocycles. The summed E-state index contributed by atoms with van der Waals surface area (Å²) in [5.74, 6) is 0. The van der Waals surface area contributed by atoms with Gasteiger partial charge in [0.2, 0.25) is 0 Å². The summed E-state index contributed by atoms with van der Waals surface area (Å²) >= 11 is 0. The van der Waals surface area contributed by atoms with E-state index in [1.165, 1.54) is 0 Å². The molecule has 0 unspecified atom stereocenters. The number of hydrogen-bond acceptors (Lipinski definition) is 4. The monoisotopic (exact) mass is 237 g/mol. The van der Waals surface area contributed by atoms with Gasteiger partial charge in [-0.25, -0.2) is 0 Å². The van der Waals surface area contributed by atoms with Gasteiger partial charge in [-0.05, 0) is 0 Å². The van der Waals surface area contributed by atoms with Gasteiger partial charge in [-0.2, -0.15) is 0 Å². The van der Waals surface area contributed by atoms with E-state index in [1.54, 1.807) is 0 Å². The Kier molecular flexibility index (Phi) is 10.7. The number of ether oxygens (including phenoxy) is 2. The van der Waals surface area contributed by atoms with E-state index in [4.69, 9.17) is 9.47 Å². The van der Waals surface area contributed by atoms with Crippen molar-refractivity contribution < 1.29 is 26.5 Å². The molecule has 0 aliphatic carbocycles. The molecule has 5 heteroatoms. The van der Waals surface area contributed by atoms with Crippen molar-refractivity contribution in [2.45, 2.75) is 0 Å². The molecule has 0 aromatic rings. The van der Waals surface area contributed by atoms with Gasteiger partial charge in [0, 0.05) is 26.2 Å². The molecule has 82 valence electrons. The summed E-state index contributed by atoms with van der Waals surface area (Å²) in [4.78, 5) is 0. The largest absolute Gasteiger partial charge is 1.00 e. The van der Waals surface area contributed by atoms with Crippen molar-refractivity contribution in [2.24, 2.45) is 0 Å². The summed E-state index contributed by atoms with van der Waals surface area (Å²) in [5.41, 5.74) is 0. The van der Waals surface area contributed by atoms with E-state index >= 15 is 0 Å². The minimum atomic E-state index is 0. The van der Waals surface area contributed by atoms with Crippen LogP contribution >= 0.6 is 0 Å². The van der Waals surface area contributed by atoms with Crippen molar-refractivity contribution in [3.8, 4) is 0 Å². The van der Waals surface area contributed by atoms with Crippen LogP contribution in [0.15, 0.2) is 0 Å². The predicted octanol–water partition coefficient (Wildman–Crippen LogP) is -0.790. The van der Waals surface area contributed by atoms with Crippen LogP contribution in [-0.2, 0) is 26.5 Å². The summed E-state index contributed by atoms with van der Waals surface area (Å²) < 4.78 is 10.7. The molecule has 0 aromatic carbocycles. The third-order valence-corrected chi connectivity index (χ3v) is 1.69. The van der Waals surface area contributed by atoms with Crippen LogP contribution in [-0.4, -0.2) is 52.6 Å². The second kappa shape index (κ2) is 10.4. The van der Waals surface area contributed by atoms with Gasteiger partial charge in [-0.15, -0.1) is 0 Å². The Hall–Kier alpha value is 0.359. The minimum absolute atomic E-state index is 0. The molecular formula is C8H18CuN2O2+. The maximum absolute atomic E-state index is 5.34. The smallest absolute Gasteiger partial charge is 0.379 e. The molecule has 1 aliphatic heterocycles. The van der Waals surface area contributed by atoms with E-state index < -0.39 is 0 Å². The Labute approximate surface area is 90.2 Å². The second-order valence-corrected chi connectivity index (χ2v) is 2.72. The molecule has 0 spiro atoms. The Morgan fingerprint density at radius 1 is 0.615 bits per heavy atom. The van der Waals surface area contributed by atoms with Gasteiger partial charge in [0.15, 0.2) is 0 Å². The zero-order valence-corrected chi connectivity index (χ0v) is 8.72. The van der Waals surface area contributed by atoms with Gasteiger partial charge in [0.05, 0.1) is 26.4 Å². The van der Waals surface area contributed by atoms with Crippen molar-refractivity contribution in [2.75, 3.05) is 52.6 Å². The summed E-state index contributed by atoms with van der Waals surface area (Å²) in [5, 5.41) is 6.47. The van der Waals surface area contributed by atoms with Crippen LogP contribution in [0.1, 0.15) is 0 Å². The molecule has 1 rings (SSSR count). The molecule has 4 nitrogen and oxygen atoms in total. The molecule has 0 bridgehead atoms. The number of hydrogen-bond donors (Lipinski definition) is 2. The predicted molar refractivity (Wildman–Crippen MR) is 47.4 cm³/mol. The van der Waals surface area contributed by atoms with Gasteiger partial charge in [-0.3, -0.25) is 0 Å². The summed E-state index contributed by atoms with van der Waals surface area (Å²) in [6.07, 6.45) is 0. The fourth-order valence-electron chi connectivity index (χ4n) is 1.03. The fraction of sp³-hybridized carbons (Fsp3) is 1.00. The van der Waals surface area contributed by atoms with Crippen molar-refractivity contribution in [3.05, 3.63) is 0 Å². The molecule has 0 saturated carbocycles. The molecule has 1 heterocycles. The van der Waals surface area contributed by atoms with Crippen LogP contribution < -0.4 is 10.6 Å². The van der Waals surface area contributed by atoms with E-state index in [0.29, 0.717) is 0 Å². The Morgan fingerprint density at radius 3 is 1.23 bits per heavy atom. The maximum atomic E-state index is 5.34. The van der Waals surface area contributed by atoms with E-state index in [0.717, 1.165) is 52.6 Å². The van der Waals surface area contributed by atoms with Gasteiger partial charge >= 0.3 is 17.1 Å². The molecule has 1 saturated heterocycles. The molecule has 2 N–H and O–H groups in total. The number of rotatable bonds is 0. The maximum Gasteiger partial charge on any atom is 1.00 e. The van der Waals surface area contributed by atoms with Crippen LogP contribution in [0.3, 0.4) is 0 Å². The van der Waals surface area contributed by atoms with Crippen LogP contribution in [0.5, 0.6) is 0 Å². The average molecular weight is 238 g/mol. The SMILES string of the molecule is C1COCCNCCOCCN1.[Cu+]. The van der Waals surface area contributed by atoms with Gasteiger partial charge in [0.25, 0.3) is 0 Å². The van der Waals surface area contributed by atoms with Crippen molar-refractivity contribution in [1.29, 1.82) is 0 Å². The Morgan fingerprint density at radius 2 is 0.923 bits per heavy atom. The van der Waals surface area contributed by atoms with Gasteiger partial charge < -0.3 is 20.1 Å². The van der Waals surface area contributed by atoms with Crippen LogP contribution in [0.4, 0.5) is 0 Å². The third-order valence-electron chi connectivity index (χ3n) is 1.69. The first-order valence-electron chi connectivity index (χ1n) is 4.57. The van der Waals surface area contributed by atoms with Gasteiger partial charge in [-0.1, -0.05) is 0 Å². The van der Waals surface area contributed by atoms with Gasteiger partial charge in [0.1, 0.15) is 0 Å². The van der Waals surface area contributed by atoms with E-state index in [-0.39, 0.29) is 17.1 Å². The molecule has 1 fully saturated rings. The summed E-state index contributed by atoms with van der Waals surface area (Å²) in [7, 11) is 0. The number of nitrogens with one attached hydrogen (secondary N) is 2. The molecule has 0 radical (unpaired) electrons. The summed E-state index contributed by atoms with van der Waals surface area (Å²) in [6.45, 7) is 6.85. The minimum Gasteiger partial charge on any atom is -0.379 e. The summed E-state index contributed by atoms with van der Waals surface area (Å²) in [6, 6.07) is 0. The normalized spacial score (nSPS) is 22.2. The molecular weight excluding hydrogens is 220 g/mol. The molecule has 1 aliphatic rings. The molecule has 0 amide bonds. The van der Waals surface area contributed by atoms with Crippen molar-refractivity contribution in [3.63, 3.8) is 0 Å². The quantitative estimate of drug-likeness (QED) is 0.542. The zero-order valence-electron chi connectivity index (χ0n) is 7.77. The van der Waals surface area contributed by atoms with Crippen molar-refractivity contribution in [1.82, 2.24) is 10.6 Å². The zero-order chi connectivity index (χ0) is 8.49. The molecule has 13 heavy (non-hydrogen) atoms. The first kappa shape index (κ1) is 13.4. The fourth-order valence-corrected chi connectivity index (χ4v) is 1.03. The molecule has 0 atom stereocenters. The standard InChI is InChI=1S/C8H18N2O2.Cu/c1-5-11-7-3-10-4-8-12-6-2-9-1;/h9-10H,1-8H2;/q;+1. The first-order chi connectivity index (χ1) is 6.00. The van der Waals surface area contributed by atoms with E-state index in [9.17, 15) is 0 Å². The topological polar surface area (TPSA) is 42.5 Å². The van der Waals surface area contributed by atoms with Crippen molar-refractivity contribution >= 4 is 0 Å². The Balaban J connectivity index is 0.00000144. The average Bonchev–Trinajstić information content (AvgIpc) is 2.05. The first-order valence-corrected chi connectivity index (χ1v) is 4.57. The van der Waals surface area contributed by atoms with E-state index in [1.807, 2.05) is 0 Å². The van der Waals surface area contributed by atoms with Crippen LogP contribution in [0.2, 0.25) is 0 Å². The second-order valence-electron chi connectivity index (χ2n) is 2.72. The van der Waals surface area contributed by atoms with Crippen LogP contribution in [0, 0.1) is 0 Å². The Bertz CT molecular complexity index is 63.1. The van der Waals surface area contributed by atoms with Crippen LogP contribution in [0.25, 0.3) is 0 Å². The third kappa shape index (κ3) is 8.68. The van der Waals surface area contributed by atoms with E-state index in [2.05, 4.69) is 10.6 Å².